The van der Waals surface area contributed by atoms with Crippen LogP contribution in [0.15, 0.2) is 0 Å². The number of carbonyl (C=O) groups excluding carboxylic acids is 1. The van der Waals surface area contributed by atoms with Crippen molar-refractivity contribution >= 4 is 5.91 Å². The smallest absolute Gasteiger partial charge is 0.220 e. The van der Waals surface area contributed by atoms with Crippen LogP contribution in [0, 0.1) is 0 Å². The lowest BCUT2D eigenvalue weighted by molar-refractivity contribution is -0.123. The fraction of sp³-hybridized carbons (Fsp3) is 0.981. The van der Waals surface area contributed by atoms with Gasteiger partial charge in [0.1, 0.15) is 0 Å². The molecule has 0 saturated carbocycles. The number of unbranched alkanes of at least 4 members (excludes halogenated alkanes) is 43. The van der Waals surface area contributed by atoms with Crippen LogP contribution >= 0.6 is 0 Å². The van der Waals surface area contributed by atoms with Gasteiger partial charge in [-0.2, -0.15) is 0 Å². The number of carbonyl (C=O) groups is 1. The monoisotopic (exact) mass is 806 g/mol. The molecule has 0 aliphatic rings. The normalized spacial score (nSPS) is 12.7. The molecule has 3 N–H and O–H groups in total. The first-order chi connectivity index (χ1) is 28.2. The first-order valence-electron chi connectivity index (χ1n) is 26.7. The van der Waals surface area contributed by atoms with E-state index in [0.717, 1.165) is 25.7 Å². The lowest BCUT2D eigenvalue weighted by Gasteiger charge is -2.22. The third-order valence-electron chi connectivity index (χ3n) is 12.9. The second-order valence-electron chi connectivity index (χ2n) is 18.7. The summed E-state index contributed by atoms with van der Waals surface area (Å²) in [5.74, 6) is -0.0236. The number of nitrogens with one attached hydrogen (secondary N) is 1. The van der Waals surface area contributed by atoms with E-state index in [4.69, 9.17) is 0 Å². The predicted octanol–water partition coefficient (Wildman–Crippen LogP) is 17.2. The number of aliphatic hydroxyl groups excluding tert-OH is 2. The molecule has 0 saturated heterocycles. The standard InChI is InChI=1S/C53H107NO3/c1-3-5-7-9-11-13-15-17-19-20-21-22-23-24-25-26-27-28-29-30-31-32-33-34-35-37-39-41-43-45-47-49-53(57)54-51(50-55)52(56)48-46-44-42-40-38-36-18-16-14-12-10-8-6-4-2/h51-52,55-56H,3-50H2,1-2H3,(H,54,57)/t51-,52+/m0/s1. The van der Waals surface area contributed by atoms with Crippen molar-refractivity contribution in [3.05, 3.63) is 0 Å². The van der Waals surface area contributed by atoms with Gasteiger partial charge >= 0.3 is 0 Å². The molecule has 0 aromatic carbocycles. The summed E-state index contributed by atoms with van der Waals surface area (Å²) in [5, 5.41) is 23.2. The summed E-state index contributed by atoms with van der Waals surface area (Å²) in [5.41, 5.74) is 0. The molecule has 4 nitrogen and oxygen atoms in total. The van der Waals surface area contributed by atoms with Gasteiger partial charge in [0.15, 0.2) is 0 Å². The zero-order valence-electron chi connectivity index (χ0n) is 39.4. The van der Waals surface area contributed by atoms with Crippen molar-refractivity contribution in [1.82, 2.24) is 5.32 Å². The number of amides is 1. The summed E-state index contributed by atoms with van der Waals surface area (Å²) in [6, 6.07) is -0.530. The highest BCUT2D eigenvalue weighted by atomic mass is 16.3. The molecule has 0 radical (unpaired) electrons. The van der Waals surface area contributed by atoms with Gasteiger partial charge in [-0.3, -0.25) is 4.79 Å². The van der Waals surface area contributed by atoms with Crippen molar-refractivity contribution in [3.8, 4) is 0 Å². The highest BCUT2D eigenvalue weighted by molar-refractivity contribution is 5.76. The lowest BCUT2D eigenvalue weighted by Crippen LogP contribution is -2.45. The lowest BCUT2D eigenvalue weighted by atomic mass is 10.0. The van der Waals surface area contributed by atoms with Crippen molar-refractivity contribution in [2.24, 2.45) is 0 Å². The molecular weight excluding hydrogens is 699 g/mol. The Labute approximate surface area is 359 Å². The van der Waals surface area contributed by atoms with Crippen LogP contribution in [0.25, 0.3) is 0 Å². The van der Waals surface area contributed by atoms with E-state index in [1.54, 1.807) is 0 Å². The summed E-state index contributed by atoms with van der Waals surface area (Å²) < 4.78 is 0. The van der Waals surface area contributed by atoms with Crippen LogP contribution in [0.4, 0.5) is 0 Å². The summed E-state index contributed by atoms with van der Waals surface area (Å²) in [4.78, 5) is 12.4. The second kappa shape index (κ2) is 49.8. The number of hydrogen-bond donors (Lipinski definition) is 3. The number of hydrogen-bond acceptors (Lipinski definition) is 3. The zero-order valence-corrected chi connectivity index (χ0v) is 39.4. The van der Waals surface area contributed by atoms with Gasteiger partial charge in [0.05, 0.1) is 18.8 Å². The first-order valence-corrected chi connectivity index (χ1v) is 26.7. The first kappa shape index (κ1) is 56.4. The van der Waals surface area contributed by atoms with Crippen molar-refractivity contribution in [1.29, 1.82) is 0 Å². The van der Waals surface area contributed by atoms with Gasteiger partial charge in [0.2, 0.25) is 5.91 Å². The van der Waals surface area contributed by atoms with E-state index < -0.39 is 12.1 Å². The van der Waals surface area contributed by atoms with E-state index >= 15 is 0 Å². The molecule has 0 unspecified atom stereocenters. The molecule has 0 heterocycles. The summed E-state index contributed by atoms with van der Waals surface area (Å²) in [7, 11) is 0. The fourth-order valence-corrected chi connectivity index (χ4v) is 8.78. The van der Waals surface area contributed by atoms with Crippen LogP contribution in [-0.2, 0) is 4.79 Å². The molecule has 2 atom stereocenters. The molecule has 57 heavy (non-hydrogen) atoms. The van der Waals surface area contributed by atoms with Crippen LogP contribution in [0.2, 0.25) is 0 Å². The van der Waals surface area contributed by atoms with Crippen molar-refractivity contribution in [2.45, 2.75) is 328 Å². The summed E-state index contributed by atoms with van der Waals surface area (Å²) in [6.07, 6.45) is 62.3. The zero-order chi connectivity index (χ0) is 41.4. The Kier molecular flexibility index (Phi) is 49.2. The van der Waals surface area contributed by atoms with Gasteiger partial charge in [0, 0.05) is 6.42 Å². The molecule has 0 bridgehead atoms. The van der Waals surface area contributed by atoms with Crippen LogP contribution in [0.5, 0.6) is 0 Å². The average molecular weight is 806 g/mol. The van der Waals surface area contributed by atoms with Crippen LogP contribution in [-0.4, -0.2) is 34.9 Å². The van der Waals surface area contributed by atoms with Crippen LogP contribution in [0.3, 0.4) is 0 Å². The Morgan fingerprint density at radius 2 is 0.561 bits per heavy atom. The molecular formula is C53H107NO3. The van der Waals surface area contributed by atoms with Gasteiger partial charge in [-0.25, -0.2) is 0 Å². The van der Waals surface area contributed by atoms with Gasteiger partial charge in [-0.15, -0.1) is 0 Å². The number of aliphatic hydroxyl groups is 2. The minimum absolute atomic E-state index is 0.0236. The maximum Gasteiger partial charge on any atom is 0.220 e. The molecule has 342 valence electrons. The molecule has 0 rings (SSSR count). The van der Waals surface area contributed by atoms with Crippen molar-refractivity contribution < 1.29 is 15.0 Å². The van der Waals surface area contributed by atoms with Gasteiger partial charge in [0.25, 0.3) is 0 Å². The Balaban J connectivity index is 3.36. The minimum Gasteiger partial charge on any atom is -0.394 e. The SMILES string of the molecule is CCCCCCCCCCCCCCCCCCCCCCCCCCCCCCCCCC(=O)N[C@@H](CO)[C@H](O)CCCCCCCCCCCCCCCC. The quantitative estimate of drug-likeness (QED) is 0.0536. The molecule has 0 fully saturated rings. The molecule has 0 spiro atoms. The Bertz CT molecular complexity index is 744. The topological polar surface area (TPSA) is 69.6 Å². The third-order valence-corrected chi connectivity index (χ3v) is 12.9. The molecule has 0 aromatic heterocycles. The highest BCUT2D eigenvalue weighted by Crippen LogP contribution is 2.18. The van der Waals surface area contributed by atoms with Gasteiger partial charge < -0.3 is 15.5 Å². The van der Waals surface area contributed by atoms with Crippen molar-refractivity contribution in [3.63, 3.8) is 0 Å². The maximum absolute atomic E-state index is 12.4. The van der Waals surface area contributed by atoms with E-state index in [-0.39, 0.29) is 12.5 Å². The fourth-order valence-electron chi connectivity index (χ4n) is 8.78. The largest absolute Gasteiger partial charge is 0.394 e. The molecule has 0 aliphatic heterocycles. The molecule has 0 aliphatic carbocycles. The Hall–Kier alpha value is -0.610. The van der Waals surface area contributed by atoms with Crippen LogP contribution < -0.4 is 5.32 Å². The molecule has 0 aromatic rings. The molecule has 4 heteroatoms. The third kappa shape index (κ3) is 46.3. The van der Waals surface area contributed by atoms with Crippen molar-refractivity contribution in [2.75, 3.05) is 6.61 Å². The van der Waals surface area contributed by atoms with Gasteiger partial charge in [-0.05, 0) is 12.8 Å². The predicted molar refractivity (Wildman–Crippen MR) is 253 cm³/mol. The summed E-state index contributed by atoms with van der Waals surface area (Å²) >= 11 is 0. The van der Waals surface area contributed by atoms with E-state index in [2.05, 4.69) is 19.2 Å². The maximum atomic E-state index is 12.4. The van der Waals surface area contributed by atoms with E-state index in [1.807, 2.05) is 0 Å². The summed E-state index contributed by atoms with van der Waals surface area (Å²) in [6.45, 7) is 4.39. The second-order valence-corrected chi connectivity index (χ2v) is 18.7. The number of rotatable bonds is 50. The van der Waals surface area contributed by atoms with E-state index in [9.17, 15) is 15.0 Å². The highest BCUT2D eigenvalue weighted by Gasteiger charge is 2.20. The van der Waals surface area contributed by atoms with E-state index in [1.165, 1.54) is 263 Å². The Morgan fingerprint density at radius 1 is 0.351 bits per heavy atom. The Morgan fingerprint density at radius 3 is 0.789 bits per heavy atom. The van der Waals surface area contributed by atoms with Crippen LogP contribution in [0.1, 0.15) is 316 Å². The molecule has 1 amide bonds. The minimum atomic E-state index is -0.653. The average Bonchev–Trinajstić information content (AvgIpc) is 3.22. The van der Waals surface area contributed by atoms with Gasteiger partial charge in [-0.1, -0.05) is 296 Å². The van der Waals surface area contributed by atoms with E-state index in [0.29, 0.717) is 12.8 Å².